The van der Waals surface area contributed by atoms with Crippen LogP contribution in [-0.2, 0) is 0 Å². The summed E-state index contributed by atoms with van der Waals surface area (Å²) in [6.45, 7) is 0. The molecule has 150 valence electrons. The van der Waals surface area contributed by atoms with Crippen molar-refractivity contribution in [2.24, 2.45) is 0 Å². The number of fused-ring (bicyclic) bond motifs is 3. The zero-order valence-corrected chi connectivity index (χ0v) is 16.5. The molecule has 0 fully saturated rings. The van der Waals surface area contributed by atoms with Crippen LogP contribution in [0.1, 0.15) is 0 Å². The Balaban J connectivity index is 1.66. The molecule has 9 nitrogen and oxygen atoms in total. The number of rotatable bonds is 3. The van der Waals surface area contributed by atoms with Crippen LogP contribution in [0, 0.1) is 0 Å². The van der Waals surface area contributed by atoms with E-state index in [1.165, 1.54) is 38.0 Å². The fourth-order valence-corrected chi connectivity index (χ4v) is 3.78. The van der Waals surface area contributed by atoms with Gasteiger partial charge in [0.2, 0.25) is 0 Å². The Kier molecular flexibility index (Phi) is 4.21. The van der Waals surface area contributed by atoms with Crippen LogP contribution in [0.15, 0.2) is 80.4 Å². The molecule has 32 heavy (non-hydrogen) atoms. The van der Waals surface area contributed by atoms with Gasteiger partial charge >= 0.3 is 0 Å². The van der Waals surface area contributed by atoms with Crippen LogP contribution < -0.4 is 0 Å². The zero-order chi connectivity index (χ0) is 21.3. The lowest BCUT2D eigenvalue weighted by Crippen LogP contribution is -1.94. The molecule has 0 aliphatic rings. The van der Waals surface area contributed by atoms with Crippen molar-refractivity contribution in [3.8, 4) is 34.2 Å². The molecule has 0 atom stereocenters. The second-order valence-electron chi connectivity index (χ2n) is 7.01. The first-order valence-electron chi connectivity index (χ1n) is 9.74. The van der Waals surface area contributed by atoms with E-state index < -0.39 is 0 Å². The second kappa shape index (κ2) is 7.47. The Morgan fingerprint density at radius 2 is 0.906 bits per heavy atom. The summed E-state index contributed by atoms with van der Waals surface area (Å²) < 4.78 is 0. The van der Waals surface area contributed by atoms with E-state index in [4.69, 9.17) is 0 Å². The van der Waals surface area contributed by atoms with E-state index in [0.717, 1.165) is 38.2 Å². The standard InChI is InChI=1S/C23H13N9/c1-3-17-16(5-14(1)21-27-8-24-9-28-21)7-20(23-31-12-26-13-32-23)18-4-2-15(6-19(17)18)22-29-10-25-11-30-22/h1-13H. The minimum atomic E-state index is 0.602. The van der Waals surface area contributed by atoms with E-state index >= 15 is 0 Å². The van der Waals surface area contributed by atoms with Gasteiger partial charge in [0.25, 0.3) is 0 Å². The first kappa shape index (κ1) is 18.0. The van der Waals surface area contributed by atoms with E-state index in [-0.39, 0.29) is 0 Å². The van der Waals surface area contributed by atoms with E-state index in [9.17, 15) is 0 Å². The Labute approximate surface area is 181 Å². The molecule has 0 saturated carbocycles. The molecule has 6 aromatic rings. The van der Waals surface area contributed by atoms with Crippen molar-refractivity contribution in [1.29, 1.82) is 0 Å². The summed E-state index contributed by atoms with van der Waals surface area (Å²) in [7, 11) is 0. The van der Waals surface area contributed by atoms with Crippen molar-refractivity contribution < 1.29 is 0 Å². The van der Waals surface area contributed by atoms with Crippen LogP contribution in [0.5, 0.6) is 0 Å². The summed E-state index contributed by atoms with van der Waals surface area (Å²) in [5, 5.41) is 4.15. The summed E-state index contributed by atoms with van der Waals surface area (Å²) in [6.07, 6.45) is 8.96. The molecule has 0 bridgehead atoms. The van der Waals surface area contributed by atoms with Crippen molar-refractivity contribution >= 4 is 21.5 Å². The normalized spacial score (nSPS) is 11.1. The van der Waals surface area contributed by atoms with Gasteiger partial charge in [-0.3, -0.25) is 0 Å². The van der Waals surface area contributed by atoms with Gasteiger partial charge in [0.15, 0.2) is 17.5 Å². The second-order valence-corrected chi connectivity index (χ2v) is 7.01. The lowest BCUT2D eigenvalue weighted by Gasteiger charge is -2.12. The molecule has 0 aliphatic carbocycles. The predicted octanol–water partition coefficient (Wildman–Crippen LogP) is 3.55. The lowest BCUT2D eigenvalue weighted by atomic mass is 9.94. The maximum atomic E-state index is 4.38. The summed E-state index contributed by atoms with van der Waals surface area (Å²) in [4.78, 5) is 37.7. The largest absolute Gasteiger partial charge is 0.225 e. The van der Waals surface area contributed by atoms with Crippen LogP contribution in [0.25, 0.3) is 55.7 Å². The van der Waals surface area contributed by atoms with Crippen LogP contribution in [0.2, 0.25) is 0 Å². The Morgan fingerprint density at radius 3 is 1.50 bits per heavy atom. The van der Waals surface area contributed by atoms with E-state index in [2.05, 4.69) is 69.1 Å². The van der Waals surface area contributed by atoms with Crippen molar-refractivity contribution in [2.75, 3.05) is 0 Å². The van der Waals surface area contributed by atoms with Gasteiger partial charge < -0.3 is 0 Å². The molecule has 6 rings (SSSR count). The van der Waals surface area contributed by atoms with Crippen molar-refractivity contribution in [1.82, 2.24) is 44.9 Å². The maximum Gasteiger partial charge on any atom is 0.163 e. The smallest absolute Gasteiger partial charge is 0.163 e. The Bertz CT molecular complexity index is 1560. The minimum absolute atomic E-state index is 0.602. The quantitative estimate of drug-likeness (QED) is 0.400. The van der Waals surface area contributed by atoms with Gasteiger partial charge in [0.1, 0.15) is 38.0 Å². The monoisotopic (exact) mass is 415 g/mol. The molecule has 0 unspecified atom stereocenters. The highest BCUT2D eigenvalue weighted by Crippen LogP contribution is 2.36. The van der Waals surface area contributed by atoms with Crippen molar-refractivity contribution in [3.63, 3.8) is 0 Å². The molecule has 0 aliphatic heterocycles. The number of hydrogen-bond acceptors (Lipinski definition) is 9. The third-order valence-corrected chi connectivity index (χ3v) is 5.19. The van der Waals surface area contributed by atoms with E-state index in [1.807, 2.05) is 18.2 Å². The average Bonchev–Trinajstić information content (AvgIpc) is 2.89. The van der Waals surface area contributed by atoms with E-state index in [0.29, 0.717) is 17.5 Å². The van der Waals surface area contributed by atoms with Gasteiger partial charge in [-0.05, 0) is 39.7 Å². The van der Waals surface area contributed by atoms with Crippen LogP contribution in [0.4, 0.5) is 0 Å². The highest BCUT2D eigenvalue weighted by molar-refractivity contribution is 6.14. The Morgan fingerprint density at radius 1 is 0.406 bits per heavy atom. The fourth-order valence-electron chi connectivity index (χ4n) is 3.78. The van der Waals surface area contributed by atoms with Crippen molar-refractivity contribution in [3.05, 3.63) is 80.4 Å². The molecule has 0 amide bonds. The molecule has 9 heteroatoms. The third-order valence-electron chi connectivity index (χ3n) is 5.19. The van der Waals surface area contributed by atoms with Gasteiger partial charge in [-0.1, -0.05) is 24.3 Å². The molecule has 0 spiro atoms. The molecule has 0 N–H and O–H groups in total. The third kappa shape index (κ3) is 3.08. The van der Waals surface area contributed by atoms with Gasteiger partial charge in [0, 0.05) is 16.7 Å². The van der Waals surface area contributed by atoms with Crippen LogP contribution >= 0.6 is 0 Å². The fraction of sp³-hybridized carbons (Fsp3) is 0. The lowest BCUT2D eigenvalue weighted by molar-refractivity contribution is 1.06. The molecule has 0 radical (unpaired) electrons. The first-order chi connectivity index (χ1) is 15.9. The molecule has 3 heterocycles. The molecule has 0 saturated heterocycles. The first-order valence-corrected chi connectivity index (χ1v) is 9.74. The number of benzene rings is 3. The maximum absolute atomic E-state index is 4.38. The van der Waals surface area contributed by atoms with Gasteiger partial charge in [0.05, 0.1) is 0 Å². The summed E-state index contributed by atoms with van der Waals surface area (Å²) in [6, 6.07) is 14.4. The number of nitrogens with zero attached hydrogens (tertiary/aromatic N) is 9. The number of hydrogen-bond donors (Lipinski definition) is 0. The SMILES string of the molecule is c1ncnc(-c2ccc3c(c2)cc(-c2ncncn2)c2ccc(-c4ncncn4)cc23)n1. The highest BCUT2D eigenvalue weighted by Gasteiger charge is 2.14. The average molecular weight is 415 g/mol. The molecular formula is C23H13N9. The molecule has 3 aromatic carbocycles. The summed E-state index contributed by atoms with van der Waals surface area (Å²) in [5.41, 5.74) is 2.70. The minimum Gasteiger partial charge on any atom is -0.225 e. The van der Waals surface area contributed by atoms with E-state index in [1.54, 1.807) is 0 Å². The number of aromatic nitrogens is 9. The zero-order valence-electron chi connectivity index (χ0n) is 16.5. The van der Waals surface area contributed by atoms with Gasteiger partial charge in [-0.2, -0.15) is 0 Å². The topological polar surface area (TPSA) is 116 Å². The van der Waals surface area contributed by atoms with Crippen molar-refractivity contribution in [2.45, 2.75) is 0 Å². The van der Waals surface area contributed by atoms with Gasteiger partial charge in [-0.25, -0.2) is 44.9 Å². The predicted molar refractivity (Wildman–Crippen MR) is 118 cm³/mol. The van der Waals surface area contributed by atoms with Crippen LogP contribution in [0.3, 0.4) is 0 Å². The molecular weight excluding hydrogens is 402 g/mol. The Hall–Kier alpha value is -4.79. The van der Waals surface area contributed by atoms with Gasteiger partial charge in [-0.15, -0.1) is 0 Å². The van der Waals surface area contributed by atoms with Crippen LogP contribution in [-0.4, -0.2) is 44.9 Å². The summed E-state index contributed by atoms with van der Waals surface area (Å²) >= 11 is 0. The molecule has 3 aromatic heterocycles. The highest BCUT2D eigenvalue weighted by atomic mass is 15.0. The summed E-state index contributed by atoms with van der Waals surface area (Å²) in [5.74, 6) is 1.83.